The minimum absolute atomic E-state index is 0.0627. The molecule has 1 heterocycles. The topological polar surface area (TPSA) is 92.4 Å². The Morgan fingerprint density at radius 3 is 2.88 bits per heavy atom. The first kappa shape index (κ1) is 12.6. The van der Waals surface area contributed by atoms with Crippen LogP contribution >= 0.6 is 11.8 Å². The third kappa shape index (κ3) is 3.93. The molecule has 16 heavy (non-hydrogen) atoms. The van der Waals surface area contributed by atoms with Crippen LogP contribution in [0.3, 0.4) is 0 Å². The molecule has 0 aliphatic heterocycles. The van der Waals surface area contributed by atoms with E-state index < -0.39 is 11.2 Å². The monoisotopic (exact) mass is 244 g/mol. The number of carbonyl (C=O) groups is 2. The summed E-state index contributed by atoms with van der Waals surface area (Å²) in [4.78, 5) is 21.8. The molecule has 1 aromatic heterocycles. The van der Waals surface area contributed by atoms with Gasteiger partial charge in [0.1, 0.15) is 0 Å². The summed E-state index contributed by atoms with van der Waals surface area (Å²) in [6.07, 6.45) is 0. The number of nitrogens with one attached hydrogen (secondary N) is 1. The summed E-state index contributed by atoms with van der Waals surface area (Å²) >= 11 is 1.04. The zero-order valence-corrected chi connectivity index (χ0v) is 9.71. The van der Waals surface area contributed by atoms with E-state index in [1.54, 1.807) is 13.0 Å². The van der Waals surface area contributed by atoms with E-state index in [0.29, 0.717) is 5.69 Å². The van der Waals surface area contributed by atoms with Crippen molar-refractivity contribution in [3.8, 4) is 0 Å². The highest BCUT2D eigenvalue weighted by atomic mass is 32.2. The number of anilines is 1. The molecule has 0 radical (unpaired) electrons. The van der Waals surface area contributed by atoms with Crippen molar-refractivity contribution in [3.63, 3.8) is 0 Å². The highest BCUT2D eigenvalue weighted by molar-refractivity contribution is 8.01. The summed E-state index contributed by atoms with van der Waals surface area (Å²) in [5, 5.41) is 14.1. The van der Waals surface area contributed by atoms with Crippen molar-refractivity contribution < 1.29 is 19.2 Å². The summed E-state index contributed by atoms with van der Waals surface area (Å²) in [5.74, 6) is -0.915. The van der Waals surface area contributed by atoms with Gasteiger partial charge in [-0.05, 0) is 13.8 Å². The molecule has 0 saturated carbocycles. The fourth-order valence-corrected chi connectivity index (χ4v) is 1.48. The molecule has 1 amide bonds. The van der Waals surface area contributed by atoms with E-state index in [0.717, 1.165) is 11.8 Å². The molecule has 0 saturated heterocycles. The lowest BCUT2D eigenvalue weighted by molar-refractivity contribution is -0.136. The van der Waals surface area contributed by atoms with E-state index in [-0.39, 0.29) is 17.5 Å². The first-order valence-electron chi connectivity index (χ1n) is 4.56. The number of rotatable bonds is 5. The lowest BCUT2D eigenvalue weighted by atomic mass is 10.5. The molecule has 0 spiro atoms. The lowest BCUT2D eigenvalue weighted by Crippen LogP contribution is -2.19. The van der Waals surface area contributed by atoms with Gasteiger partial charge in [-0.1, -0.05) is 5.16 Å². The van der Waals surface area contributed by atoms with Gasteiger partial charge in [0.25, 0.3) is 0 Å². The van der Waals surface area contributed by atoms with Crippen LogP contribution < -0.4 is 5.32 Å². The van der Waals surface area contributed by atoms with E-state index in [1.165, 1.54) is 6.92 Å². The maximum Gasteiger partial charge on any atom is 0.316 e. The van der Waals surface area contributed by atoms with E-state index in [1.807, 2.05) is 0 Å². The predicted octanol–water partition coefficient (Wildman–Crippen LogP) is 1.13. The first-order valence-corrected chi connectivity index (χ1v) is 5.61. The minimum atomic E-state index is -0.937. The molecule has 1 atom stereocenters. The van der Waals surface area contributed by atoms with Crippen LogP contribution in [0.1, 0.15) is 12.6 Å². The Labute approximate surface area is 96.4 Å². The zero-order valence-electron chi connectivity index (χ0n) is 8.89. The number of aromatic nitrogens is 1. The molecular weight excluding hydrogens is 232 g/mol. The fraction of sp³-hybridized carbons (Fsp3) is 0.444. The van der Waals surface area contributed by atoms with Crippen LogP contribution in [-0.4, -0.2) is 33.1 Å². The highest BCUT2D eigenvalue weighted by Crippen LogP contribution is 2.12. The van der Waals surface area contributed by atoms with Crippen molar-refractivity contribution in [3.05, 3.63) is 11.8 Å². The zero-order chi connectivity index (χ0) is 12.1. The van der Waals surface area contributed by atoms with Crippen LogP contribution in [0.4, 0.5) is 5.88 Å². The van der Waals surface area contributed by atoms with E-state index in [4.69, 9.17) is 9.63 Å². The number of carboxylic acid groups (broad SMARTS) is 1. The van der Waals surface area contributed by atoms with Crippen molar-refractivity contribution in [2.75, 3.05) is 11.1 Å². The van der Waals surface area contributed by atoms with Gasteiger partial charge in [-0.15, -0.1) is 11.8 Å². The SMILES string of the molecule is Cc1cc(NC(=O)CSC(C)C(=O)O)on1. The molecular formula is C9H12N2O4S. The van der Waals surface area contributed by atoms with Crippen LogP contribution in [0.15, 0.2) is 10.6 Å². The van der Waals surface area contributed by atoms with Crippen LogP contribution in [0, 0.1) is 6.92 Å². The van der Waals surface area contributed by atoms with Crippen LogP contribution in [-0.2, 0) is 9.59 Å². The smallest absolute Gasteiger partial charge is 0.316 e. The van der Waals surface area contributed by atoms with Gasteiger partial charge >= 0.3 is 5.97 Å². The summed E-state index contributed by atoms with van der Waals surface area (Å²) in [6, 6.07) is 1.59. The van der Waals surface area contributed by atoms with Gasteiger partial charge in [0.05, 0.1) is 16.7 Å². The third-order valence-corrected chi connectivity index (χ3v) is 2.83. The number of nitrogens with zero attached hydrogens (tertiary/aromatic N) is 1. The predicted molar refractivity (Wildman–Crippen MR) is 59.4 cm³/mol. The molecule has 1 unspecified atom stereocenters. The molecule has 0 aromatic carbocycles. The molecule has 0 fully saturated rings. The quantitative estimate of drug-likeness (QED) is 0.806. The second kappa shape index (κ2) is 5.55. The number of aliphatic carboxylic acids is 1. The largest absolute Gasteiger partial charge is 0.480 e. The maximum absolute atomic E-state index is 11.3. The third-order valence-electron chi connectivity index (χ3n) is 1.70. The number of hydrogen-bond acceptors (Lipinski definition) is 5. The van der Waals surface area contributed by atoms with Gasteiger partial charge < -0.3 is 9.63 Å². The van der Waals surface area contributed by atoms with Gasteiger partial charge in [0.2, 0.25) is 11.8 Å². The number of carbonyl (C=O) groups excluding carboxylic acids is 1. The maximum atomic E-state index is 11.3. The standard InChI is InChI=1S/C9H12N2O4S/c1-5-3-8(15-11-5)10-7(12)4-16-6(2)9(13)14/h3,6H,4H2,1-2H3,(H,10,12)(H,13,14). The highest BCUT2D eigenvalue weighted by Gasteiger charge is 2.14. The van der Waals surface area contributed by atoms with Crippen molar-refractivity contribution in [1.82, 2.24) is 5.16 Å². The van der Waals surface area contributed by atoms with Crippen LogP contribution in [0.5, 0.6) is 0 Å². The van der Waals surface area contributed by atoms with Crippen molar-refractivity contribution in [2.45, 2.75) is 19.1 Å². The number of amides is 1. The number of hydrogen-bond donors (Lipinski definition) is 2. The van der Waals surface area contributed by atoms with Crippen molar-refractivity contribution in [2.24, 2.45) is 0 Å². The van der Waals surface area contributed by atoms with Gasteiger partial charge in [-0.25, -0.2) is 0 Å². The molecule has 1 rings (SSSR count). The van der Waals surface area contributed by atoms with Crippen molar-refractivity contribution in [1.29, 1.82) is 0 Å². The first-order chi connectivity index (χ1) is 7.49. The van der Waals surface area contributed by atoms with Crippen LogP contribution in [0.2, 0.25) is 0 Å². The molecule has 6 nitrogen and oxygen atoms in total. The van der Waals surface area contributed by atoms with Gasteiger partial charge in [0, 0.05) is 6.07 Å². The molecule has 0 bridgehead atoms. The average Bonchev–Trinajstić information content (AvgIpc) is 2.60. The number of carboxylic acids is 1. The number of thioether (sulfide) groups is 1. The Kier molecular flexibility index (Phi) is 4.36. The van der Waals surface area contributed by atoms with Crippen LogP contribution in [0.25, 0.3) is 0 Å². The summed E-state index contributed by atoms with van der Waals surface area (Å²) in [7, 11) is 0. The summed E-state index contributed by atoms with van der Waals surface area (Å²) < 4.78 is 4.78. The summed E-state index contributed by atoms with van der Waals surface area (Å²) in [5.41, 5.74) is 0.668. The minimum Gasteiger partial charge on any atom is -0.480 e. The Hall–Kier alpha value is -1.50. The Bertz CT molecular complexity index is 391. The number of aryl methyl sites for hydroxylation is 1. The molecule has 0 aliphatic carbocycles. The molecule has 1 aromatic rings. The van der Waals surface area contributed by atoms with E-state index in [2.05, 4.69) is 10.5 Å². The van der Waals surface area contributed by atoms with Crippen molar-refractivity contribution >= 4 is 29.5 Å². The second-order valence-corrected chi connectivity index (χ2v) is 4.50. The summed E-state index contributed by atoms with van der Waals surface area (Å²) in [6.45, 7) is 3.26. The van der Waals surface area contributed by atoms with E-state index in [9.17, 15) is 9.59 Å². The lowest BCUT2D eigenvalue weighted by Gasteiger charge is -2.04. The Morgan fingerprint density at radius 1 is 1.69 bits per heavy atom. The normalized spacial score (nSPS) is 12.1. The van der Waals surface area contributed by atoms with Gasteiger partial charge in [0.15, 0.2) is 0 Å². The molecule has 7 heteroatoms. The molecule has 88 valence electrons. The second-order valence-electron chi connectivity index (χ2n) is 3.17. The van der Waals surface area contributed by atoms with Gasteiger partial charge in [-0.2, -0.15) is 0 Å². The Balaban J connectivity index is 2.34. The molecule has 2 N–H and O–H groups in total. The van der Waals surface area contributed by atoms with E-state index >= 15 is 0 Å². The Morgan fingerprint density at radius 2 is 2.38 bits per heavy atom. The average molecular weight is 244 g/mol. The van der Waals surface area contributed by atoms with Gasteiger partial charge in [-0.3, -0.25) is 14.9 Å². The fourth-order valence-electron chi connectivity index (χ4n) is 0.868. The molecule has 0 aliphatic rings.